The van der Waals surface area contributed by atoms with Crippen LogP contribution in [-0.2, 0) is 19.3 Å². The van der Waals surface area contributed by atoms with E-state index in [1.807, 2.05) is 0 Å². The molecule has 0 spiro atoms. The van der Waals surface area contributed by atoms with Crippen LogP contribution in [0.5, 0.6) is 5.75 Å². The number of hydrogen-bond acceptors (Lipinski definition) is 3. The molecule has 2 aromatic carbocycles. The predicted octanol–water partition coefficient (Wildman–Crippen LogP) is 3.96. The highest BCUT2D eigenvalue weighted by Crippen LogP contribution is 2.33. The van der Waals surface area contributed by atoms with Crippen LogP contribution in [0.3, 0.4) is 0 Å². The molecule has 0 saturated heterocycles. The van der Waals surface area contributed by atoms with Crippen molar-refractivity contribution in [3.05, 3.63) is 58.9 Å². The first-order valence-corrected chi connectivity index (χ1v) is 6.72. The molecular formula is C16H15F4NO2. The highest BCUT2D eigenvalue weighted by Gasteiger charge is 2.33. The van der Waals surface area contributed by atoms with E-state index < -0.39 is 17.6 Å². The largest absolute Gasteiger partial charge is 0.496 e. The predicted molar refractivity (Wildman–Crippen MR) is 77.6 cm³/mol. The summed E-state index contributed by atoms with van der Waals surface area (Å²) in [5.74, 6) is -0.455. The quantitative estimate of drug-likeness (QED) is 0.816. The molecule has 0 atom stereocenters. The molecule has 2 N–H and O–H groups in total. The Bertz CT molecular complexity index is 686. The highest BCUT2D eigenvalue weighted by atomic mass is 19.4. The Morgan fingerprint density at radius 3 is 2.43 bits per heavy atom. The monoisotopic (exact) mass is 329 g/mol. The SMILES string of the molecule is COc1ccc(NCc2ccc(F)cc2C(F)(F)F)cc1CO. The smallest absolute Gasteiger partial charge is 0.416 e. The van der Waals surface area contributed by atoms with Gasteiger partial charge in [0.2, 0.25) is 0 Å². The number of methoxy groups -OCH3 is 1. The number of aliphatic hydroxyl groups is 1. The maximum absolute atomic E-state index is 13.1. The minimum atomic E-state index is -4.63. The Hall–Kier alpha value is -2.28. The molecule has 0 heterocycles. The van der Waals surface area contributed by atoms with E-state index in [2.05, 4.69) is 5.32 Å². The summed E-state index contributed by atoms with van der Waals surface area (Å²) in [6.45, 7) is -0.393. The van der Waals surface area contributed by atoms with E-state index in [0.717, 1.165) is 12.1 Å². The van der Waals surface area contributed by atoms with E-state index in [1.165, 1.54) is 7.11 Å². The number of alkyl halides is 3. The first kappa shape index (κ1) is 17.1. The first-order chi connectivity index (χ1) is 10.8. The van der Waals surface area contributed by atoms with Crippen molar-refractivity contribution in [3.63, 3.8) is 0 Å². The van der Waals surface area contributed by atoms with Gasteiger partial charge in [0, 0.05) is 17.8 Å². The zero-order chi connectivity index (χ0) is 17.0. The molecule has 0 aliphatic rings. The molecule has 0 aliphatic carbocycles. The molecule has 124 valence electrons. The summed E-state index contributed by atoms with van der Waals surface area (Å²) in [6, 6.07) is 7.36. The van der Waals surface area contributed by atoms with Gasteiger partial charge in [-0.05, 0) is 35.9 Å². The molecule has 2 aromatic rings. The van der Waals surface area contributed by atoms with Crippen molar-refractivity contribution in [2.75, 3.05) is 12.4 Å². The number of rotatable bonds is 5. The van der Waals surface area contributed by atoms with Crippen LogP contribution < -0.4 is 10.1 Å². The van der Waals surface area contributed by atoms with Gasteiger partial charge in [0.15, 0.2) is 0 Å². The topological polar surface area (TPSA) is 41.5 Å². The van der Waals surface area contributed by atoms with Crippen molar-refractivity contribution >= 4 is 5.69 Å². The third-order valence-electron chi connectivity index (χ3n) is 3.31. The zero-order valence-corrected chi connectivity index (χ0v) is 12.2. The van der Waals surface area contributed by atoms with Gasteiger partial charge in [-0.15, -0.1) is 0 Å². The molecule has 0 saturated carbocycles. The standard InChI is InChI=1S/C16H15F4NO2/c1-23-15-5-4-13(6-11(15)9-22)21-8-10-2-3-12(17)7-14(10)16(18,19)20/h2-7,21-22H,8-9H2,1H3. The molecule has 3 nitrogen and oxygen atoms in total. The Kier molecular flexibility index (Phi) is 5.10. The van der Waals surface area contributed by atoms with E-state index in [-0.39, 0.29) is 18.7 Å². The third-order valence-corrected chi connectivity index (χ3v) is 3.31. The average molecular weight is 329 g/mol. The second-order valence-electron chi connectivity index (χ2n) is 4.84. The summed E-state index contributed by atoms with van der Waals surface area (Å²) >= 11 is 0. The number of anilines is 1. The van der Waals surface area contributed by atoms with Gasteiger partial charge >= 0.3 is 6.18 Å². The third kappa shape index (κ3) is 4.13. The van der Waals surface area contributed by atoms with E-state index >= 15 is 0 Å². The van der Waals surface area contributed by atoms with Crippen LogP contribution in [0.15, 0.2) is 36.4 Å². The van der Waals surface area contributed by atoms with Gasteiger partial charge in [0.25, 0.3) is 0 Å². The minimum Gasteiger partial charge on any atom is -0.496 e. The van der Waals surface area contributed by atoms with Crippen LogP contribution in [0.4, 0.5) is 23.2 Å². The summed E-state index contributed by atoms with van der Waals surface area (Å²) in [7, 11) is 1.45. The van der Waals surface area contributed by atoms with Gasteiger partial charge in [0.1, 0.15) is 11.6 Å². The van der Waals surface area contributed by atoms with Gasteiger partial charge in [0.05, 0.1) is 19.3 Å². The fraction of sp³-hybridized carbons (Fsp3) is 0.250. The van der Waals surface area contributed by atoms with E-state index in [9.17, 15) is 22.7 Å². The molecule has 0 fully saturated rings. The minimum absolute atomic E-state index is 0.0692. The lowest BCUT2D eigenvalue weighted by molar-refractivity contribution is -0.138. The van der Waals surface area contributed by atoms with Crippen LogP contribution >= 0.6 is 0 Å². The van der Waals surface area contributed by atoms with E-state index in [1.54, 1.807) is 18.2 Å². The number of nitrogens with one attached hydrogen (secondary N) is 1. The molecule has 0 radical (unpaired) electrons. The fourth-order valence-corrected chi connectivity index (χ4v) is 2.18. The molecular weight excluding hydrogens is 314 g/mol. The van der Waals surface area contributed by atoms with E-state index in [4.69, 9.17) is 4.74 Å². The molecule has 0 aromatic heterocycles. The zero-order valence-electron chi connectivity index (χ0n) is 12.2. The maximum Gasteiger partial charge on any atom is 0.416 e. The van der Waals surface area contributed by atoms with Crippen molar-refractivity contribution in [1.82, 2.24) is 0 Å². The molecule has 0 bridgehead atoms. The summed E-state index contributed by atoms with van der Waals surface area (Å²) in [5, 5.41) is 12.1. The first-order valence-electron chi connectivity index (χ1n) is 6.72. The Morgan fingerprint density at radius 1 is 1.09 bits per heavy atom. The molecule has 0 aliphatic heterocycles. The van der Waals surface area contributed by atoms with Crippen molar-refractivity contribution in [2.24, 2.45) is 0 Å². The van der Waals surface area contributed by atoms with Gasteiger partial charge in [-0.3, -0.25) is 0 Å². The van der Waals surface area contributed by atoms with Crippen LogP contribution in [0.2, 0.25) is 0 Å². The number of halogens is 4. The van der Waals surface area contributed by atoms with Gasteiger partial charge in [-0.1, -0.05) is 6.07 Å². The van der Waals surface area contributed by atoms with Crippen molar-refractivity contribution in [2.45, 2.75) is 19.3 Å². The lowest BCUT2D eigenvalue weighted by Gasteiger charge is -2.15. The maximum atomic E-state index is 13.1. The van der Waals surface area contributed by atoms with Crippen LogP contribution in [-0.4, -0.2) is 12.2 Å². The lowest BCUT2D eigenvalue weighted by atomic mass is 10.1. The van der Waals surface area contributed by atoms with Crippen LogP contribution in [0.1, 0.15) is 16.7 Å². The Labute approximate surface area is 130 Å². The van der Waals surface area contributed by atoms with Crippen molar-refractivity contribution < 1.29 is 27.4 Å². The fourth-order valence-electron chi connectivity index (χ4n) is 2.18. The summed E-state index contributed by atoms with van der Waals surface area (Å²) in [4.78, 5) is 0. The normalized spacial score (nSPS) is 11.4. The number of benzene rings is 2. The molecule has 2 rings (SSSR count). The summed E-state index contributed by atoms with van der Waals surface area (Å²) < 4.78 is 56.9. The number of ether oxygens (including phenoxy) is 1. The number of hydrogen-bond donors (Lipinski definition) is 2. The molecule has 0 amide bonds. The molecule has 7 heteroatoms. The summed E-state index contributed by atoms with van der Waals surface area (Å²) in [5.41, 5.74) is -0.0545. The molecule has 0 unspecified atom stereocenters. The Morgan fingerprint density at radius 2 is 1.83 bits per heavy atom. The summed E-state index contributed by atoms with van der Waals surface area (Å²) in [6.07, 6.45) is -4.63. The lowest BCUT2D eigenvalue weighted by Crippen LogP contribution is -2.12. The van der Waals surface area contributed by atoms with Crippen molar-refractivity contribution in [3.8, 4) is 5.75 Å². The number of aliphatic hydroxyl groups excluding tert-OH is 1. The van der Waals surface area contributed by atoms with Gasteiger partial charge < -0.3 is 15.2 Å². The Balaban J connectivity index is 2.21. The van der Waals surface area contributed by atoms with Gasteiger partial charge in [-0.25, -0.2) is 4.39 Å². The van der Waals surface area contributed by atoms with E-state index in [0.29, 0.717) is 23.1 Å². The second kappa shape index (κ2) is 6.87. The highest BCUT2D eigenvalue weighted by molar-refractivity contribution is 5.51. The molecule has 23 heavy (non-hydrogen) atoms. The van der Waals surface area contributed by atoms with Gasteiger partial charge in [-0.2, -0.15) is 13.2 Å². The van der Waals surface area contributed by atoms with Crippen molar-refractivity contribution in [1.29, 1.82) is 0 Å². The van der Waals surface area contributed by atoms with Crippen LogP contribution in [0.25, 0.3) is 0 Å². The van der Waals surface area contributed by atoms with Crippen LogP contribution in [0, 0.1) is 5.82 Å². The average Bonchev–Trinajstić information content (AvgIpc) is 2.52. The second-order valence-corrected chi connectivity index (χ2v) is 4.84.